The predicted octanol–water partition coefficient (Wildman–Crippen LogP) is 1.35. The molecule has 0 aliphatic rings. The first-order chi connectivity index (χ1) is 13.2. The van der Waals surface area contributed by atoms with Gasteiger partial charge in [0.2, 0.25) is 0 Å². The molecule has 1 aromatic carbocycles. The Kier molecular flexibility index (Phi) is 10.4. The van der Waals surface area contributed by atoms with Crippen molar-refractivity contribution in [3.63, 3.8) is 0 Å². The third kappa shape index (κ3) is 9.48. The number of benzene rings is 1. The quantitative estimate of drug-likeness (QED) is 0.414. The number of esters is 1. The third-order valence-corrected chi connectivity index (χ3v) is 6.29. The van der Waals surface area contributed by atoms with Crippen LogP contribution in [0.5, 0.6) is 0 Å². The van der Waals surface area contributed by atoms with E-state index in [1.165, 1.54) is 18.9 Å². The number of hydrogen-bond acceptors (Lipinski definition) is 6. The van der Waals surface area contributed by atoms with E-state index in [4.69, 9.17) is 9.47 Å². The second-order valence-corrected chi connectivity index (χ2v) is 10.1. The second-order valence-electron chi connectivity index (χ2n) is 6.86. The summed E-state index contributed by atoms with van der Waals surface area (Å²) >= 11 is 1.37. The number of methoxy groups -OCH3 is 1. The fourth-order valence-electron chi connectivity index (χ4n) is 2.08. The van der Waals surface area contributed by atoms with Gasteiger partial charge in [-0.05, 0) is 0 Å². The van der Waals surface area contributed by atoms with Gasteiger partial charge in [0, 0.05) is 0 Å². The molecule has 0 unspecified atom stereocenters. The molecule has 2 atom stereocenters. The number of ether oxygens (including phenoxy) is 2. The van der Waals surface area contributed by atoms with E-state index in [-0.39, 0.29) is 15.0 Å². The number of carbonyl (C=O) groups excluding carboxylic acids is 3. The minimum atomic E-state index is -0.816. The van der Waals surface area contributed by atoms with Gasteiger partial charge in [0.25, 0.3) is 0 Å². The number of rotatable bonds is 9. The number of nitrogens with one attached hydrogen (secondary N) is 2. The van der Waals surface area contributed by atoms with Crippen molar-refractivity contribution in [1.82, 2.24) is 10.6 Å². The summed E-state index contributed by atoms with van der Waals surface area (Å²) in [4.78, 5) is 36.9. The standard InChI is InChI=1S/C19H28N2O5SSe/c1-19(2,3)26-18(24)21-15(12-28-13-9-7-6-8-10-13)16(22)20-14(11-27-5)17(23)25-4/h6-10,14-15H,11-12H2,1-5H3,(H,20,22)(H,21,24)/t14-,15-/m0/s1. The van der Waals surface area contributed by atoms with Crippen molar-refractivity contribution in [3.05, 3.63) is 30.3 Å². The molecule has 0 saturated heterocycles. The molecule has 0 radical (unpaired) electrons. The molecule has 9 heteroatoms. The van der Waals surface area contributed by atoms with Crippen LogP contribution in [0.4, 0.5) is 4.79 Å². The van der Waals surface area contributed by atoms with Crippen LogP contribution in [0, 0.1) is 0 Å². The zero-order valence-electron chi connectivity index (χ0n) is 16.8. The van der Waals surface area contributed by atoms with Crippen LogP contribution in [0.1, 0.15) is 20.8 Å². The number of hydrogen-bond donors (Lipinski definition) is 2. The normalized spacial score (nSPS) is 13.2. The first kappa shape index (κ1) is 24.3. The summed E-state index contributed by atoms with van der Waals surface area (Å²) in [6, 6.07) is 8.15. The Hall–Kier alpha value is -1.70. The molecule has 1 aromatic rings. The van der Waals surface area contributed by atoms with E-state index in [1.54, 1.807) is 20.8 Å². The SMILES string of the molecule is COC(=O)[C@H](CSC)NC(=O)[C@H](C[Se]c1ccccc1)NC(=O)OC(C)(C)C. The van der Waals surface area contributed by atoms with E-state index in [9.17, 15) is 14.4 Å². The maximum absolute atomic E-state index is 12.8. The van der Waals surface area contributed by atoms with Crippen LogP contribution in [-0.2, 0) is 19.1 Å². The van der Waals surface area contributed by atoms with E-state index < -0.39 is 35.7 Å². The molecule has 2 N–H and O–H groups in total. The molecule has 7 nitrogen and oxygen atoms in total. The van der Waals surface area contributed by atoms with Gasteiger partial charge in [-0.3, -0.25) is 0 Å². The maximum atomic E-state index is 12.8. The summed E-state index contributed by atoms with van der Waals surface area (Å²) in [7, 11) is 1.27. The topological polar surface area (TPSA) is 93.7 Å². The molecule has 28 heavy (non-hydrogen) atoms. The van der Waals surface area contributed by atoms with E-state index in [0.29, 0.717) is 11.1 Å². The van der Waals surface area contributed by atoms with Crippen molar-refractivity contribution in [1.29, 1.82) is 0 Å². The summed E-state index contributed by atoms with van der Waals surface area (Å²) < 4.78 is 11.1. The first-order valence-electron chi connectivity index (χ1n) is 8.70. The van der Waals surface area contributed by atoms with Crippen molar-refractivity contribution >= 4 is 49.2 Å². The summed E-state index contributed by atoms with van der Waals surface area (Å²) in [6.07, 6.45) is 1.16. The summed E-state index contributed by atoms with van der Waals surface area (Å²) in [6.45, 7) is 5.25. The molecule has 156 valence electrons. The van der Waals surface area contributed by atoms with E-state index in [1.807, 2.05) is 36.6 Å². The average Bonchev–Trinajstić information content (AvgIpc) is 2.63. The Labute approximate surface area is 176 Å². The zero-order valence-corrected chi connectivity index (χ0v) is 19.3. The van der Waals surface area contributed by atoms with Gasteiger partial charge in [-0.15, -0.1) is 0 Å². The molecule has 0 fully saturated rings. The summed E-state index contributed by atoms with van der Waals surface area (Å²) in [5.41, 5.74) is -0.677. The molecule has 0 heterocycles. The molecular weight excluding hydrogens is 447 g/mol. The predicted molar refractivity (Wildman–Crippen MR) is 112 cm³/mol. The molecule has 0 aromatic heterocycles. The Morgan fingerprint density at radius 1 is 1.11 bits per heavy atom. The van der Waals surface area contributed by atoms with Gasteiger partial charge in [-0.2, -0.15) is 0 Å². The second kappa shape index (κ2) is 12.0. The van der Waals surface area contributed by atoms with Crippen LogP contribution in [0.15, 0.2) is 30.3 Å². The molecule has 0 bridgehead atoms. The molecule has 1 rings (SSSR count). The molecule has 0 aliphatic carbocycles. The molecule has 0 saturated carbocycles. The van der Waals surface area contributed by atoms with Crippen LogP contribution in [0.2, 0.25) is 5.32 Å². The summed E-state index contributed by atoms with van der Waals surface area (Å²) in [5.74, 6) is -0.582. The van der Waals surface area contributed by atoms with Gasteiger partial charge in [-0.1, -0.05) is 0 Å². The van der Waals surface area contributed by atoms with Crippen LogP contribution >= 0.6 is 11.8 Å². The Bertz CT molecular complexity index is 651. The average molecular weight is 475 g/mol. The van der Waals surface area contributed by atoms with Crippen molar-refractivity contribution in [2.75, 3.05) is 19.1 Å². The van der Waals surface area contributed by atoms with Gasteiger partial charge in [0.15, 0.2) is 0 Å². The number of carbonyl (C=O) groups is 3. The Morgan fingerprint density at radius 3 is 2.29 bits per heavy atom. The number of amides is 2. The van der Waals surface area contributed by atoms with Crippen molar-refractivity contribution in [2.24, 2.45) is 0 Å². The number of alkyl carbamates (subject to hydrolysis) is 1. The summed E-state index contributed by atoms with van der Waals surface area (Å²) in [5, 5.41) is 5.74. The molecular formula is C19H28N2O5SSe. The van der Waals surface area contributed by atoms with Gasteiger partial charge >= 0.3 is 177 Å². The zero-order chi connectivity index (χ0) is 21.2. The van der Waals surface area contributed by atoms with Crippen molar-refractivity contribution in [3.8, 4) is 0 Å². The van der Waals surface area contributed by atoms with Crippen molar-refractivity contribution in [2.45, 2.75) is 43.8 Å². The first-order valence-corrected chi connectivity index (χ1v) is 12.2. The van der Waals surface area contributed by atoms with E-state index in [0.717, 1.165) is 4.46 Å². The van der Waals surface area contributed by atoms with Crippen LogP contribution in [0.3, 0.4) is 0 Å². The van der Waals surface area contributed by atoms with Crippen LogP contribution in [-0.4, -0.2) is 69.7 Å². The Balaban J connectivity index is 2.85. The third-order valence-electron chi connectivity index (χ3n) is 3.30. The van der Waals surface area contributed by atoms with Gasteiger partial charge in [0.1, 0.15) is 0 Å². The van der Waals surface area contributed by atoms with E-state index >= 15 is 0 Å². The van der Waals surface area contributed by atoms with Crippen molar-refractivity contribution < 1.29 is 23.9 Å². The van der Waals surface area contributed by atoms with Gasteiger partial charge in [-0.25, -0.2) is 0 Å². The minimum absolute atomic E-state index is 0.0431. The fraction of sp³-hybridized carbons (Fsp3) is 0.526. The van der Waals surface area contributed by atoms with E-state index in [2.05, 4.69) is 10.6 Å². The van der Waals surface area contributed by atoms with Gasteiger partial charge in [0.05, 0.1) is 0 Å². The van der Waals surface area contributed by atoms with Gasteiger partial charge < -0.3 is 0 Å². The monoisotopic (exact) mass is 476 g/mol. The van der Waals surface area contributed by atoms with Crippen LogP contribution < -0.4 is 15.1 Å². The Morgan fingerprint density at radius 2 is 1.75 bits per heavy atom. The fourth-order valence-corrected chi connectivity index (χ4v) is 4.61. The molecule has 2 amide bonds. The molecule has 0 spiro atoms. The number of thioether (sulfide) groups is 1. The van der Waals surface area contributed by atoms with Crippen LogP contribution in [0.25, 0.3) is 0 Å². The molecule has 0 aliphatic heterocycles.